The zero-order valence-electron chi connectivity index (χ0n) is 13.6. The number of hydrogen-bond acceptors (Lipinski definition) is 5. The largest absolute Gasteiger partial charge is 0.423 e. The molecule has 0 bridgehead atoms. The van der Waals surface area contributed by atoms with Crippen LogP contribution in [-0.4, -0.2) is 28.1 Å². The Kier molecular flexibility index (Phi) is 5.03. The van der Waals surface area contributed by atoms with Crippen LogP contribution >= 0.6 is 0 Å². The lowest BCUT2D eigenvalue weighted by Crippen LogP contribution is -2.26. The Labute approximate surface area is 140 Å². The molecule has 5 nitrogen and oxygen atoms in total. The average molecular weight is 324 g/mol. The van der Waals surface area contributed by atoms with E-state index in [2.05, 4.69) is 9.88 Å². The smallest absolute Gasteiger partial charge is 0.336 e. The third-order valence-corrected chi connectivity index (χ3v) is 3.92. The molecule has 24 heavy (non-hydrogen) atoms. The van der Waals surface area contributed by atoms with Gasteiger partial charge in [0.25, 0.3) is 0 Å². The summed E-state index contributed by atoms with van der Waals surface area (Å²) in [5, 5.41) is 10.3. The summed E-state index contributed by atoms with van der Waals surface area (Å²) in [7, 11) is 0. The molecule has 0 fully saturated rings. The Bertz CT molecular complexity index is 875. The van der Waals surface area contributed by atoms with E-state index in [-0.39, 0.29) is 12.2 Å². The second-order valence-electron chi connectivity index (χ2n) is 5.89. The Balaban J connectivity index is 1.92. The SMILES string of the molecule is Cc1ccc2c(CN(CCO)Cc3cccnc3)cc(=O)oc2c1. The summed E-state index contributed by atoms with van der Waals surface area (Å²) in [5.41, 5.74) is 3.26. The quantitative estimate of drug-likeness (QED) is 0.706. The van der Waals surface area contributed by atoms with Crippen LogP contribution in [-0.2, 0) is 13.1 Å². The minimum Gasteiger partial charge on any atom is -0.423 e. The van der Waals surface area contributed by atoms with Crippen LogP contribution in [0.5, 0.6) is 0 Å². The van der Waals surface area contributed by atoms with Crippen molar-refractivity contribution in [2.45, 2.75) is 20.0 Å². The van der Waals surface area contributed by atoms with Gasteiger partial charge in [0.2, 0.25) is 0 Å². The van der Waals surface area contributed by atoms with Crippen molar-refractivity contribution in [3.05, 3.63) is 75.9 Å². The van der Waals surface area contributed by atoms with Gasteiger partial charge in [0, 0.05) is 43.5 Å². The zero-order chi connectivity index (χ0) is 16.9. The summed E-state index contributed by atoms with van der Waals surface area (Å²) in [6.45, 7) is 3.75. The maximum atomic E-state index is 11.9. The Morgan fingerprint density at radius 1 is 1.21 bits per heavy atom. The van der Waals surface area contributed by atoms with Gasteiger partial charge in [-0.2, -0.15) is 0 Å². The number of pyridine rings is 1. The standard InChI is InChI=1S/C19H20N2O3/c1-14-4-5-17-16(10-19(23)24-18(17)9-14)13-21(7-8-22)12-15-3-2-6-20-11-15/h2-6,9-11,22H,7-8,12-13H2,1H3. The highest BCUT2D eigenvalue weighted by Gasteiger charge is 2.11. The van der Waals surface area contributed by atoms with E-state index in [1.54, 1.807) is 6.20 Å². The van der Waals surface area contributed by atoms with E-state index in [0.717, 1.165) is 22.1 Å². The number of hydrogen-bond donors (Lipinski definition) is 1. The van der Waals surface area contributed by atoms with Gasteiger partial charge in [-0.3, -0.25) is 9.88 Å². The number of benzene rings is 1. The Morgan fingerprint density at radius 2 is 2.08 bits per heavy atom. The zero-order valence-corrected chi connectivity index (χ0v) is 13.6. The van der Waals surface area contributed by atoms with Crippen LogP contribution in [0, 0.1) is 6.92 Å². The number of aromatic nitrogens is 1. The molecule has 0 saturated heterocycles. The molecule has 3 aromatic rings. The molecule has 0 spiro atoms. The molecule has 0 radical (unpaired) electrons. The molecule has 0 unspecified atom stereocenters. The Hall–Kier alpha value is -2.50. The van der Waals surface area contributed by atoms with Crippen molar-refractivity contribution < 1.29 is 9.52 Å². The van der Waals surface area contributed by atoms with E-state index in [9.17, 15) is 9.90 Å². The number of aliphatic hydroxyl groups is 1. The van der Waals surface area contributed by atoms with Crippen molar-refractivity contribution >= 4 is 11.0 Å². The third-order valence-electron chi connectivity index (χ3n) is 3.92. The van der Waals surface area contributed by atoms with Crippen molar-refractivity contribution in [1.29, 1.82) is 0 Å². The summed E-state index contributed by atoms with van der Waals surface area (Å²) < 4.78 is 5.31. The van der Waals surface area contributed by atoms with Gasteiger partial charge in [0.1, 0.15) is 5.58 Å². The van der Waals surface area contributed by atoms with Gasteiger partial charge < -0.3 is 9.52 Å². The number of nitrogens with zero attached hydrogens (tertiary/aromatic N) is 2. The van der Waals surface area contributed by atoms with Crippen molar-refractivity contribution in [2.24, 2.45) is 0 Å². The normalized spacial score (nSPS) is 11.3. The maximum Gasteiger partial charge on any atom is 0.336 e. The van der Waals surface area contributed by atoms with E-state index in [1.165, 1.54) is 6.07 Å². The average Bonchev–Trinajstić information content (AvgIpc) is 2.55. The topological polar surface area (TPSA) is 66.6 Å². The Morgan fingerprint density at radius 3 is 2.83 bits per heavy atom. The summed E-state index contributed by atoms with van der Waals surface area (Å²) in [6.07, 6.45) is 3.54. The number of rotatable bonds is 6. The lowest BCUT2D eigenvalue weighted by atomic mass is 10.1. The minimum atomic E-state index is -0.353. The highest BCUT2D eigenvalue weighted by Crippen LogP contribution is 2.20. The van der Waals surface area contributed by atoms with E-state index in [4.69, 9.17) is 4.42 Å². The molecule has 0 aliphatic rings. The van der Waals surface area contributed by atoms with Crippen molar-refractivity contribution in [3.63, 3.8) is 0 Å². The number of aryl methyl sites for hydroxylation is 1. The molecule has 0 amide bonds. The summed E-state index contributed by atoms with van der Waals surface area (Å²) >= 11 is 0. The predicted octanol–water partition coefficient (Wildman–Crippen LogP) is 2.49. The fourth-order valence-electron chi connectivity index (χ4n) is 2.81. The third kappa shape index (κ3) is 3.88. The van der Waals surface area contributed by atoms with E-state index >= 15 is 0 Å². The van der Waals surface area contributed by atoms with E-state index in [0.29, 0.717) is 25.2 Å². The summed E-state index contributed by atoms with van der Waals surface area (Å²) in [6, 6.07) is 11.3. The second kappa shape index (κ2) is 7.38. The first-order valence-electron chi connectivity index (χ1n) is 7.91. The van der Waals surface area contributed by atoms with Gasteiger partial charge in [-0.1, -0.05) is 18.2 Å². The molecule has 1 N–H and O–H groups in total. The van der Waals surface area contributed by atoms with E-state index < -0.39 is 0 Å². The van der Waals surface area contributed by atoms with Gasteiger partial charge in [0.05, 0.1) is 6.61 Å². The molecule has 124 valence electrons. The molecular weight excluding hydrogens is 304 g/mol. The molecule has 2 heterocycles. The van der Waals surface area contributed by atoms with Gasteiger partial charge in [0.15, 0.2) is 0 Å². The van der Waals surface area contributed by atoms with Crippen LogP contribution < -0.4 is 5.63 Å². The lowest BCUT2D eigenvalue weighted by Gasteiger charge is -2.22. The molecule has 2 aromatic heterocycles. The molecule has 0 atom stereocenters. The first-order valence-corrected chi connectivity index (χ1v) is 7.91. The van der Waals surface area contributed by atoms with Crippen molar-refractivity contribution in [1.82, 2.24) is 9.88 Å². The van der Waals surface area contributed by atoms with Crippen LogP contribution in [0.25, 0.3) is 11.0 Å². The van der Waals surface area contributed by atoms with Gasteiger partial charge in [-0.25, -0.2) is 4.79 Å². The van der Waals surface area contributed by atoms with Crippen LogP contribution in [0.3, 0.4) is 0 Å². The molecule has 0 aliphatic heterocycles. The highest BCUT2D eigenvalue weighted by atomic mass is 16.4. The second-order valence-corrected chi connectivity index (χ2v) is 5.89. The first-order chi connectivity index (χ1) is 11.7. The first kappa shape index (κ1) is 16.4. The van der Waals surface area contributed by atoms with Gasteiger partial charge in [-0.05, 0) is 35.7 Å². The predicted molar refractivity (Wildman–Crippen MR) is 92.7 cm³/mol. The van der Waals surface area contributed by atoms with Crippen LogP contribution in [0.4, 0.5) is 0 Å². The monoisotopic (exact) mass is 324 g/mol. The van der Waals surface area contributed by atoms with E-state index in [1.807, 2.05) is 43.5 Å². The summed E-state index contributed by atoms with van der Waals surface area (Å²) in [4.78, 5) is 18.1. The van der Waals surface area contributed by atoms with Crippen LogP contribution in [0.2, 0.25) is 0 Å². The molecule has 3 rings (SSSR count). The minimum absolute atomic E-state index is 0.0543. The lowest BCUT2D eigenvalue weighted by molar-refractivity contribution is 0.184. The van der Waals surface area contributed by atoms with Crippen LogP contribution in [0.15, 0.2) is 58.0 Å². The molecule has 5 heteroatoms. The number of aliphatic hydroxyl groups excluding tert-OH is 1. The number of fused-ring (bicyclic) bond motifs is 1. The van der Waals surface area contributed by atoms with Gasteiger partial charge in [-0.15, -0.1) is 0 Å². The maximum absolute atomic E-state index is 11.9. The van der Waals surface area contributed by atoms with Crippen molar-refractivity contribution in [3.8, 4) is 0 Å². The van der Waals surface area contributed by atoms with Gasteiger partial charge >= 0.3 is 5.63 Å². The van der Waals surface area contributed by atoms with Crippen LogP contribution in [0.1, 0.15) is 16.7 Å². The molecule has 0 saturated carbocycles. The molecular formula is C19H20N2O3. The fourth-order valence-corrected chi connectivity index (χ4v) is 2.81. The molecule has 1 aromatic carbocycles. The highest BCUT2D eigenvalue weighted by molar-refractivity contribution is 5.80. The fraction of sp³-hybridized carbons (Fsp3) is 0.263. The molecule has 0 aliphatic carbocycles. The summed E-state index contributed by atoms with van der Waals surface area (Å²) in [5.74, 6) is 0. The van der Waals surface area contributed by atoms with Crippen molar-refractivity contribution in [2.75, 3.05) is 13.2 Å².